The Kier molecular flexibility index (Phi) is 5.22. The van der Waals surface area contributed by atoms with Crippen LogP contribution in [0.5, 0.6) is 0 Å². The number of aliphatic hydroxyl groups excluding tert-OH is 1. The van der Waals surface area contributed by atoms with Gasteiger partial charge in [-0.1, -0.05) is 26.7 Å². The fourth-order valence-corrected chi connectivity index (χ4v) is 5.75. The number of aliphatic hydroxyl groups is 1. The highest BCUT2D eigenvalue weighted by atomic mass is 28.3. The van der Waals surface area contributed by atoms with E-state index in [1.54, 1.807) is 13.8 Å². The molecule has 0 amide bonds. The van der Waals surface area contributed by atoms with Gasteiger partial charge in [-0.05, 0) is 32.0 Å². The highest BCUT2D eigenvalue weighted by Crippen LogP contribution is 2.42. The van der Waals surface area contributed by atoms with Crippen LogP contribution in [0.2, 0.25) is 18.1 Å². The van der Waals surface area contributed by atoms with Crippen molar-refractivity contribution in [2.45, 2.75) is 82.6 Å². The van der Waals surface area contributed by atoms with Crippen molar-refractivity contribution in [1.82, 2.24) is 0 Å². The van der Waals surface area contributed by atoms with Gasteiger partial charge in [0, 0.05) is 1.34 Å². The zero-order valence-corrected chi connectivity index (χ0v) is 15.7. The van der Waals surface area contributed by atoms with Crippen LogP contribution in [0.1, 0.15) is 34.6 Å². The first-order valence-corrected chi connectivity index (χ1v) is 11.0. The summed E-state index contributed by atoms with van der Waals surface area (Å²) in [6.07, 6.45) is -2.28. The Morgan fingerprint density at radius 3 is 2.39 bits per heavy atom. The van der Waals surface area contributed by atoms with E-state index >= 15 is 0 Å². The highest BCUT2D eigenvalue weighted by Gasteiger charge is 2.61. The topological polar surface area (TPSA) is 57.2 Å². The molecule has 2 fully saturated rings. The number of fused-ring (bicyclic) bond motifs is 1. The quantitative estimate of drug-likeness (QED) is 0.586. The van der Waals surface area contributed by atoms with Crippen molar-refractivity contribution < 1.29 is 24.0 Å². The van der Waals surface area contributed by atoms with Crippen LogP contribution in [-0.2, 0) is 18.9 Å². The molecule has 1 N–H and O–H groups in total. The predicted octanol–water partition coefficient (Wildman–Crippen LogP) is 1.48. The van der Waals surface area contributed by atoms with Crippen LogP contribution in [0.15, 0.2) is 0 Å². The second-order valence-corrected chi connectivity index (χ2v) is 11.8. The fraction of sp³-hybridized carbons (Fsp3) is 0.875. The second-order valence-electron chi connectivity index (χ2n) is 6.82. The first-order chi connectivity index (χ1) is 11.3. The zero-order chi connectivity index (χ0) is 18.0. The summed E-state index contributed by atoms with van der Waals surface area (Å²) in [5.74, 6) is 2.38. The Bertz CT molecular complexity index is 496. The third-order valence-corrected chi connectivity index (χ3v) is 9.79. The summed E-state index contributed by atoms with van der Waals surface area (Å²) in [5, 5.41) is 10.8. The molecule has 1 unspecified atom stereocenters. The molecule has 2 aliphatic heterocycles. The maximum atomic E-state index is 10.8. The van der Waals surface area contributed by atoms with Crippen molar-refractivity contribution >= 4 is 16.1 Å². The summed E-state index contributed by atoms with van der Waals surface area (Å²) in [7, 11) is -0.875. The molecule has 0 aromatic rings. The minimum atomic E-state index is -1.71. The van der Waals surface area contributed by atoms with Crippen LogP contribution < -0.4 is 0 Å². The largest absolute Gasteiger partial charge is 0.441 e. The molecule has 2 aliphatic rings. The SMILES string of the molecule is [3H][B]OC[C@@]1(C#C[Si](CC)(CC)CC)O[C@H]2OC(C)(C)OC2[C@@H]1O. The first kappa shape index (κ1) is 17.5. The van der Waals surface area contributed by atoms with Gasteiger partial charge in [-0.2, -0.15) is 0 Å². The van der Waals surface area contributed by atoms with E-state index in [1.807, 2.05) is 0 Å². The Balaban J connectivity index is 2.30. The van der Waals surface area contributed by atoms with Crippen molar-refractivity contribution in [1.29, 1.82) is 1.34 Å². The van der Waals surface area contributed by atoms with Crippen LogP contribution in [-0.4, -0.2) is 59.0 Å². The average Bonchev–Trinajstić information content (AvgIpc) is 2.99. The molecular weight excluding hydrogens is 311 g/mol. The van der Waals surface area contributed by atoms with Crippen LogP contribution in [0, 0.1) is 11.5 Å². The van der Waals surface area contributed by atoms with Crippen molar-refractivity contribution in [2.75, 3.05) is 6.61 Å². The average molecular weight is 341 g/mol. The molecule has 23 heavy (non-hydrogen) atoms. The summed E-state index contributed by atoms with van der Waals surface area (Å²) >= 11 is 0. The molecule has 0 aliphatic carbocycles. The summed E-state index contributed by atoms with van der Waals surface area (Å²) in [5.41, 5.74) is 2.23. The van der Waals surface area contributed by atoms with E-state index in [1.165, 1.54) is 0 Å². The molecule has 4 atom stereocenters. The second kappa shape index (κ2) is 6.87. The molecular formula is C16H28BO5Si. The molecule has 1 radical (unpaired) electrons. The van der Waals surface area contributed by atoms with Gasteiger partial charge in [-0.25, -0.2) is 0 Å². The summed E-state index contributed by atoms with van der Waals surface area (Å²) in [6, 6.07) is 3.16. The van der Waals surface area contributed by atoms with Gasteiger partial charge in [0.25, 0.3) is 8.01 Å². The van der Waals surface area contributed by atoms with Gasteiger partial charge in [-0.3, -0.25) is 0 Å². The van der Waals surface area contributed by atoms with Gasteiger partial charge in [-0.15, -0.1) is 5.54 Å². The summed E-state index contributed by atoms with van der Waals surface area (Å²) in [4.78, 5) is 0. The zero-order valence-electron chi connectivity index (χ0n) is 15.7. The van der Waals surface area contributed by atoms with E-state index < -0.39 is 38.0 Å². The third-order valence-electron chi connectivity index (χ3n) is 5.07. The Morgan fingerprint density at radius 2 is 1.87 bits per heavy atom. The molecule has 129 valence electrons. The van der Waals surface area contributed by atoms with E-state index in [2.05, 4.69) is 32.2 Å². The Morgan fingerprint density at radius 1 is 1.22 bits per heavy atom. The van der Waals surface area contributed by atoms with Gasteiger partial charge in [0.1, 0.15) is 20.3 Å². The van der Waals surface area contributed by atoms with Gasteiger partial charge >= 0.3 is 0 Å². The van der Waals surface area contributed by atoms with E-state index in [0.717, 1.165) is 26.1 Å². The minimum Gasteiger partial charge on any atom is -0.441 e. The molecule has 2 heterocycles. The van der Waals surface area contributed by atoms with Crippen molar-refractivity contribution in [2.24, 2.45) is 0 Å². The minimum absolute atomic E-state index is 0.0214. The van der Waals surface area contributed by atoms with E-state index in [9.17, 15) is 5.11 Å². The lowest BCUT2D eigenvalue weighted by Gasteiger charge is -2.30. The van der Waals surface area contributed by atoms with E-state index in [-0.39, 0.29) is 6.61 Å². The number of hydrogen-bond donors (Lipinski definition) is 1. The summed E-state index contributed by atoms with van der Waals surface area (Å²) < 4.78 is 29.7. The van der Waals surface area contributed by atoms with Gasteiger partial charge in [0.05, 0.1) is 6.61 Å². The Labute approximate surface area is 142 Å². The highest BCUT2D eigenvalue weighted by molar-refractivity contribution is 6.87. The predicted molar refractivity (Wildman–Crippen MR) is 91.7 cm³/mol. The van der Waals surface area contributed by atoms with Gasteiger partial charge in [0.15, 0.2) is 17.7 Å². The van der Waals surface area contributed by atoms with Crippen LogP contribution in [0.3, 0.4) is 0 Å². The van der Waals surface area contributed by atoms with Crippen LogP contribution >= 0.6 is 0 Å². The van der Waals surface area contributed by atoms with E-state index in [0.29, 0.717) is 0 Å². The molecule has 7 heteroatoms. The maximum Gasteiger partial charge on any atom is 0.271 e. The monoisotopic (exact) mass is 341 g/mol. The number of ether oxygens (including phenoxy) is 3. The fourth-order valence-electron chi connectivity index (χ4n) is 3.24. The normalized spacial score (nSPS) is 36.1. The van der Waals surface area contributed by atoms with Gasteiger partial charge < -0.3 is 24.0 Å². The number of rotatable bonds is 6. The lowest BCUT2D eigenvalue weighted by molar-refractivity contribution is -0.231. The first-order valence-electron chi connectivity index (χ1n) is 8.92. The molecule has 5 nitrogen and oxygen atoms in total. The molecule has 2 rings (SSSR count). The van der Waals surface area contributed by atoms with Crippen LogP contribution in [0.25, 0.3) is 0 Å². The molecule has 0 aromatic carbocycles. The Hall–Kier alpha value is -0.358. The maximum absolute atomic E-state index is 10.8. The van der Waals surface area contributed by atoms with Crippen molar-refractivity contribution in [3.8, 4) is 11.5 Å². The lowest BCUT2D eigenvalue weighted by atomic mass is 9.97. The molecule has 0 aromatic heterocycles. The lowest BCUT2D eigenvalue weighted by Crippen LogP contribution is -2.48. The molecule has 0 spiro atoms. The summed E-state index contributed by atoms with van der Waals surface area (Å²) in [6.45, 7) is 10.1. The van der Waals surface area contributed by atoms with Crippen molar-refractivity contribution in [3.63, 3.8) is 0 Å². The number of hydrogen-bond acceptors (Lipinski definition) is 5. The van der Waals surface area contributed by atoms with Crippen molar-refractivity contribution in [3.05, 3.63) is 0 Å². The smallest absolute Gasteiger partial charge is 0.271 e. The van der Waals surface area contributed by atoms with Gasteiger partial charge in [0.2, 0.25) is 0 Å². The molecule has 2 saturated heterocycles. The molecule has 0 bridgehead atoms. The third kappa shape index (κ3) is 3.53. The standard InChI is InChI=1S/C16H28BO5Si/c1-6-23(7-2,8-3)10-9-16(11-19-17)13(18)12-14(22-16)21-15(4,5)20-12/h12-14,17-18H,6-8,11H2,1-5H3/t12?,13-,14+,16+/m0/s1/i17T. The molecule has 0 saturated carbocycles. The van der Waals surface area contributed by atoms with E-state index in [4.69, 9.17) is 20.2 Å². The van der Waals surface area contributed by atoms with Crippen LogP contribution in [0.4, 0.5) is 0 Å².